The molecule has 0 amide bonds. The van der Waals surface area contributed by atoms with Crippen molar-refractivity contribution >= 4 is 29.0 Å². The van der Waals surface area contributed by atoms with Crippen LogP contribution in [0.5, 0.6) is 0 Å². The molecule has 2 aliphatic rings. The lowest BCUT2D eigenvalue weighted by Crippen LogP contribution is -2.40. The van der Waals surface area contributed by atoms with E-state index in [2.05, 4.69) is 24.8 Å². The van der Waals surface area contributed by atoms with E-state index < -0.39 is 10.9 Å². The SMILES string of the molecule is O=c1c(NCCCCCCSN(CCCN2CCOCC2)C2CCC2)c(Nc2ccncc2)c1=O. The molecule has 192 valence electrons. The average Bonchev–Trinajstić information content (AvgIpc) is 2.86. The highest BCUT2D eigenvalue weighted by Gasteiger charge is 2.25. The van der Waals surface area contributed by atoms with Crippen LogP contribution in [0.4, 0.5) is 17.1 Å². The van der Waals surface area contributed by atoms with E-state index in [1.165, 1.54) is 57.4 Å². The number of aromatic nitrogens is 1. The van der Waals surface area contributed by atoms with Gasteiger partial charge in [-0.2, -0.15) is 0 Å². The molecule has 1 aliphatic carbocycles. The van der Waals surface area contributed by atoms with Gasteiger partial charge in [-0.1, -0.05) is 31.2 Å². The zero-order valence-corrected chi connectivity index (χ0v) is 21.5. The van der Waals surface area contributed by atoms with Crippen LogP contribution in [0.1, 0.15) is 51.4 Å². The summed E-state index contributed by atoms with van der Waals surface area (Å²) in [5, 5.41) is 6.20. The van der Waals surface area contributed by atoms with Gasteiger partial charge in [-0.15, -0.1) is 0 Å². The number of hydrogen-bond acceptors (Lipinski definition) is 9. The molecule has 1 saturated carbocycles. The maximum atomic E-state index is 11.9. The monoisotopic (exact) mass is 501 g/mol. The topological polar surface area (TPSA) is 86.8 Å². The van der Waals surface area contributed by atoms with Crippen LogP contribution in [0.3, 0.4) is 0 Å². The number of hydrogen-bond donors (Lipinski definition) is 2. The first-order valence-corrected chi connectivity index (χ1v) is 14.1. The van der Waals surface area contributed by atoms with Crippen molar-refractivity contribution in [3.05, 3.63) is 45.0 Å². The molecule has 2 aromatic rings. The molecule has 1 aromatic heterocycles. The lowest BCUT2D eigenvalue weighted by atomic mass is 9.93. The Balaban J connectivity index is 1.07. The van der Waals surface area contributed by atoms with E-state index in [0.717, 1.165) is 50.9 Å². The van der Waals surface area contributed by atoms with E-state index in [0.29, 0.717) is 17.9 Å². The number of rotatable bonds is 16. The molecule has 2 fully saturated rings. The fourth-order valence-electron chi connectivity index (χ4n) is 4.54. The van der Waals surface area contributed by atoms with Crippen molar-refractivity contribution in [2.45, 2.75) is 57.4 Å². The Morgan fingerprint density at radius 2 is 1.74 bits per heavy atom. The third-order valence-corrected chi connectivity index (χ3v) is 8.21. The van der Waals surface area contributed by atoms with E-state index >= 15 is 0 Å². The molecule has 2 heterocycles. The first-order chi connectivity index (χ1) is 17.2. The second kappa shape index (κ2) is 14.0. The van der Waals surface area contributed by atoms with Gasteiger partial charge in [0.2, 0.25) is 0 Å². The molecule has 0 atom stereocenters. The summed E-state index contributed by atoms with van der Waals surface area (Å²) in [5.74, 6) is 1.18. The van der Waals surface area contributed by atoms with Crippen molar-refractivity contribution < 1.29 is 4.74 Å². The highest BCUT2D eigenvalue weighted by molar-refractivity contribution is 7.97. The van der Waals surface area contributed by atoms with E-state index in [1.807, 2.05) is 11.9 Å². The van der Waals surface area contributed by atoms with E-state index in [1.54, 1.807) is 24.5 Å². The van der Waals surface area contributed by atoms with Crippen LogP contribution in [-0.2, 0) is 4.74 Å². The minimum atomic E-state index is -0.456. The number of anilines is 3. The molecule has 8 nitrogen and oxygen atoms in total. The maximum absolute atomic E-state index is 11.9. The Morgan fingerprint density at radius 3 is 2.49 bits per heavy atom. The molecule has 1 aliphatic heterocycles. The summed E-state index contributed by atoms with van der Waals surface area (Å²) in [5.41, 5.74) is 0.646. The summed E-state index contributed by atoms with van der Waals surface area (Å²) >= 11 is 2.05. The Morgan fingerprint density at radius 1 is 1.00 bits per heavy atom. The van der Waals surface area contributed by atoms with E-state index in [4.69, 9.17) is 4.74 Å². The van der Waals surface area contributed by atoms with Gasteiger partial charge in [-0.25, -0.2) is 4.31 Å². The first kappa shape index (κ1) is 26.1. The predicted octanol–water partition coefficient (Wildman–Crippen LogP) is 3.62. The third-order valence-electron chi connectivity index (χ3n) is 6.93. The molecule has 1 aromatic carbocycles. The zero-order valence-electron chi connectivity index (χ0n) is 20.7. The number of ether oxygens (including phenoxy) is 1. The van der Waals surface area contributed by atoms with Crippen molar-refractivity contribution in [2.24, 2.45) is 0 Å². The number of unbranched alkanes of at least 4 members (excludes halogenated alkanes) is 3. The van der Waals surface area contributed by atoms with Crippen LogP contribution in [0.2, 0.25) is 0 Å². The number of nitrogens with one attached hydrogen (secondary N) is 2. The van der Waals surface area contributed by atoms with Gasteiger partial charge in [0, 0.05) is 56.1 Å². The smallest absolute Gasteiger partial charge is 0.253 e. The van der Waals surface area contributed by atoms with Crippen LogP contribution in [-0.4, -0.2) is 71.9 Å². The minimum Gasteiger partial charge on any atom is -0.380 e. The summed E-state index contributed by atoms with van der Waals surface area (Å²) in [6.45, 7) is 7.00. The lowest BCUT2D eigenvalue weighted by molar-refractivity contribution is 0.0364. The standard InChI is InChI=1S/C26H39N5O3S/c32-25-23(24(26(25)33)29-21-9-12-27-13-10-21)28-11-3-1-2-4-20-35-31(22-7-5-8-22)15-6-14-30-16-18-34-19-17-30/h9-10,12-13,22,28H,1-8,11,14-20H2,(H,27,29). The van der Waals surface area contributed by atoms with E-state index in [-0.39, 0.29) is 0 Å². The normalized spacial score (nSPS) is 17.1. The third kappa shape index (κ3) is 7.77. The molecule has 4 rings (SSSR count). The molecule has 0 unspecified atom stereocenters. The van der Waals surface area contributed by atoms with Crippen molar-refractivity contribution in [3.8, 4) is 0 Å². The molecule has 0 spiro atoms. The van der Waals surface area contributed by atoms with Crippen LogP contribution in [0.15, 0.2) is 34.1 Å². The predicted molar refractivity (Wildman–Crippen MR) is 145 cm³/mol. The highest BCUT2D eigenvalue weighted by Crippen LogP contribution is 2.30. The summed E-state index contributed by atoms with van der Waals surface area (Å²) in [6.07, 6.45) is 13.1. The fraction of sp³-hybridized carbons (Fsp3) is 0.654. The number of nitrogens with zero attached hydrogens (tertiary/aromatic N) is 3. The van der Waals surface area contributed by atoms with Gasteiger partial charge in [-0.05, 0) is 50.8 Å². The molecule has 9 heteroatoms. The molecule has 2 N–H and O–H groups in total. The number of morpholine rings is 1. The lowest BCUT2D eigenvalue weighted by Gasteiger charge is -2.37. The van der Waals surface area contributed by atoms with Crippen LogP contribution < -0.4 is 21.5 Å². The first-order valence-electron chi connectivity index (χ1n) is 13.2. The largest absolute Gasteiger partial charge is 0.380 e. The molecule has 0 bridgehead atoms. The minimum absolute atomic E-state index is 0.363. The second-order valence-corrected chi connectivity index (χ2v) is 10.6. The van der Waals surface area contributed by atoms with Gasteiger partial charge < -0.3 is 15.4 Å². The van der Waals surface area contributed by atoms with E-state index in [9.17, 15) is 9.59 Å². The van der Waals surface area contributed by atoms with Crippen molar-refractivity contribution in [2.75, 3.05) is 62.3 Å². The maximum Gasteiger partial charge on any atom is 0.253 e. The molecule has 35 heavy (non-hydrogen) atoms. The van der Waals surface area contributed by atoms with Gasteiger partial charge >= 0.3 is 0 Å². The summed E-state index contributed by atoms with van der Waals surface area (Å²) in [6, 6.07) is 4.32. The Bertz CT molecular complexity index is 956. The van der Waals surface area contributed by atoms with Crippen LogP contribution in [0.25, 0.3) is 0 Å². The summed E-state index contributed by atoms with van der Waals surface area (Å²) in [7, 11) is 0. The second-order valence-electron chi connectivity index (χ2n) is 9.48. The Hall–Kier alpha value is -1.94. The highest BCUT2D eigenvalue weighted by atomic mass is 32.2. The van der Waals surface area contributed by atoms with Crippen LogP contribution in [0, 0.1) is 0 Å². The van der Waals surface area contributed by atoms with Crippen molar-refractivity contribution in [1.29, 1.82) is 0 Å². The fourth-order valence-corrected chi connectivity index (χ4v) is 5.78. The summed E-state index contributed by atoms with van der Waals surface area (Å²) in [4.78, 5) is 30.4. The van der Waals surface area contributed by atoms with Crippen LogP contribution >= 0.6 is 11.9 Å². The average molecular weight is 502 g/mol. The molecule has 0 radical (unpaired) electrons. The van der Waals surface area contributed by atoms with Gasteiger partial charge in [-0.3, -0.25) is 19.5 Å². The van der Waals surface area contributed by atoms with Gasteiger partial charge in [0.05, 0.1) is 13.2 Å². The molecular weight excluding hydrogens is 462 g/mol. The molecule has 1 saturated heterocycles. The molecular formula is C26H39N5O3S. The zero-order chi connectivity index (χ0) is 24.3. The Labute approximate surface area is 212 Å². The number of pyridine rings is 1. The Kier molecular flexibility index (Phi) is 10.4. The summed E-state index contributed by atoms with van der Waals surface area (Å²) < 4.78 is 8.11. The van der Waals surface area contributed by atoms with Gasteiger partial charge in [0.15, 0.2) is 0 Å². The van der Waals surface area contributed by atoms with Crippen molar-refractivity contribution in [3.63, 3.8) is 0 Å². The van der Waals surface area contributed by atoms with Gasteiger partial charge in [0.1, 0.15) is 11.4 Å². The van der Waals surface area contributed by atoms with Crippen molar-refractivity contribution in [1.82, 2.24) is 14.2 Å². The van der Waals surface area contributed by atoms with Gasteiger partial charge in [0.25, 0.3) is 10.9 Å². The quantitative estimate of drug-likeness (QED) is 0.203.